The molecule has 0 heterocycles. The number of nitrogens with one attached hydrogen (secondary N) is 4. The van der Waals surface area contributed by atoms with Gasteiger partial charge in [-0.1, -0.05) is 110 Å². The molecule has 0 spiro atoms. The van der Waals surface area contributed by atoms with E-state index < -0.39 is 35.5 Å². The summed E-state index contributed by atoms with van der Waals surface area (Å²) in [5.74, 6) is -4.34. The van der Waals surface area contributed by atoms with Gasteiger partial charge in [-0.2, -0.15) is 0 Å². The summed E-state index contributed by atoms with van der Waals surface area (Å²) in [6, 6.07) is 9.91. The molecule has 2 atom stereocenters. The standard InChI is InChI=1S/C36H54N4O6/c1-5-8-11-12-15-22-28(34(44)38-40-36(46)30-24-17-21-27(32(30)42)19-14-10-7-3)25(4)33(43)37-39-35(45)29-23-16-20-26(31(29)41)18-13-9-6-2/h16-17,20-21,23-25,28,41-42H,5-15,18-19,22H2,1-4H3,(H,37,43)(H,38,44)(H,39,45)(H,40,46). The smallest absolute Gasteiger partial charge is 0.273 e. The molecule has 46 heavy (non-hydrogen) atoms. The molecule has 254 valence electrons. The molecule has 0 radical (unpaired) electrons. The maximum atomic E-state index is 13.3. The average molecular weight is 639 g/mol. The first kappa shape index (κ1) is 38.1. The van der Waals surface area contributed by atoms with Crippen molar-refractivity contribution < 1.29 is 29.4 Å². The molecule has 0 saturated heterocycles. The minimum Gasteiger partial charge on any atom is -0.507 e. The molecule has 0 aliphatic heterocycles. The molecule has 0 saturated carbocycles. The van der Waals surface area contributed by atoms with Crippen LogP contribution in [0.5, 0.6) is 11.5 Å². The summed E-state index contributed by atoms with van der Waals surface area (Å²) in [7, 11) is 0. The summed E-state index contributed by atoms with van der Waals surface area (Å²) in [5, 5.41) is 21.3. The van der Waals surface area contributed by atoms with Crippen LogP contribution < -0.4 is 21.7 Å². The molecule has 6 N–H and O–H groups in total. The van der Waals surface area contributed by atoms with Gasteiger partial charge in [-0.05, 0) is 55.4 Å². The van der Waals surface area contributed by atoms with Crippen molar-refractivity contribution in [2.45, 2.75) is 118 Å². The largest absolute Gasteiger partial charge is 0.507 e. The van der Waals surface area contributed by atoms with Gasteiger partial charge in [0.25, 0.3) is 11.8 Å². The maximum absolute atomic E-state index is 13.3. The third kappa shape index (κ3) is 12.0. The number of rotatable bonds is 19. The quantitative estimate of drug-likeness (QED) is 0.0773. The Morgan fingerprint density at radius 1 is 0.587 bits per heavy atom. The van der Waals surface area contributed by atoms with E-state index in [1.165, 1.54) is 12.1 Å². The lowest BCUT2D eigenvalue weighted by Gasteiger charge is -2.23. The van der Waals surface area contributed by atoms with Gasteiger partial charge in [0, 0.05) is 5.92 Å². The molecule has 0 fully saturated rings. The number of unbranched alkanes of at least 4 members (excludes halogenated alkanes) is 8. The number of benzene rings is 2. The topological polar surface area (TPSA) is 157 Å². The van der Waals surface area contributed by atoms with Gasteiger partial charge in [-0.3, -0.25) is 40.9 Å². The number of phenols is 2. The molecule has 10 heteroatoms. The van der Waals surface area contributed by atoms with Crippen molar-refractivity contribution in [3.63, 3.8) is 0 Å². The van der Waals surface area contributed by atoms with Crippen LogP contribution in [-0.2, 0) is 22.4 Å². The monoisotopic (exact) mass is 638 g/mol. The van der Waals surface area contributed by atoms with Gasteiger partial charge in [0.1, 0.15) is 11.5 Å². The van der Waals surface area contributed by atoms with Gasteiger partial charge in [0.05, 0.1) is 17.0 Å². The maximum Gasteiger partial charge on any atom is 0.273 e. The lowest BCUT2D eigenvalue weighted by Crippen LogP contribution is -2.50. The molecule has 0 aliphatic rings. The first-order valence-electron chi connectivity index (χ1n) is 17.0. The van der Waals surface area contributed by atoms with Crippen molar-refractivity contribution in [3.8, 4) is 11.5 Å². The summed E-state index contributed by atoms with van der Waals surface area (Å²) >= 11 is 0. The Morgan fingerprint density at radius 2 is 1.02 bits per heavy atom. The fourth-order valence-electron chi connectivity index (χ4n) is 5.42. The van der Waals surface area contributed by atoms with Crippen LogP contribution in [0.25, 0.3) is 0 Å². The number of amides is 4. The molecule has 2 rings (SSSR count). The Balaban J connectivity index is 2.06. The van der Waals surface area contributed by atoms with Crippen LogP contribution in [0.2, 0.25) is 0 Å². The van der Waals surface area contributed by atoms with E-state index in [2.05, 4.69) is 42.5 Å². The fourth-order valence-corrected chi connectivity index (χ4v) is 5.42. The fraction of sp³-hybridized carbons (Fsp3) is 0.556. The number of aromatic hydroxyl groups is 2. The van der Waals surface area contributed by atoms with E-state index in [-0.39, 0.29) is 22.6 Å². The molecular formula is C36H54N4O6. The lowest BCUT2D eigenvalue weighted by molar-refractivity contribution is -0.135. The van der Waals surface area contributed by atoms with Crippen molar-refractivity contribution >= 4 is 23.6 Å². The van der Waals surface area contributed by atoms with Crippen molar-refractivity contribution in [2.24, 2.45) is 11.8 Å². The van der Waals surface area contributed by atoms with Crippen LogP contribution in [0.3, 0.4) is 0 Å². The Morgan fingerprint density at radius 3 is 1.50 bits per heavy atom. The van der Waals surface area contributed by atoms with E-state index in [0.717, 1.165) is 64.2 Å². The van der Waals surface area contributed by atoms with Crippen molar-refractivity contribution in [1.82, 2.24) is 21.7 Å². The van der Waals surface area contributed by atoms with Crippen LogP contribution in [0.4, 0.5) is 0 Å². The van der Waals surface area contributed by atoms with Crippen LogP contribution in [0.15, 0.2) is 36.4 Å². The van der Waals surface area contributed by atoms with E-state index >= 15 is 0 Å². The SMILES string of the molecule is CCCCCCCC(C(=O)NNC(=O)c1cccc(CCCCC)c1O)C(C)C(=O)NNC(=O)c1cccc(CCCCC)c1O. The van der Waals surface area contributed by atoms with E-state index in [1.54, 1.807) is 31.2 Å². The first-order chi connectivity index (χ1) is 22.2. The van der Waals surface area contributed by atoms with Gasteiger partial charge >= 0.3 is 0 Å². The van der Waals surface area contributed by atoms with E-state index in [9.17, 15) is 29.4 Å². The zero-order chi connectivity index (χ0) is 33.9. The molecular weight excluding hydrogens is 584 g/mol. The normalized spacial score (nSPS) is 12.2. The predicted molar refractivity (Wildman–Crippen MR) is 180 cm³/mol. The summed E-state index contributed by atoms with van der Waals surface area (Å²) in [4.78, 5) is 52.2. The Labute approximate surface area is 274 Å². The Kier molecular flexibility index (Phi) is 17.3. The summed E-state index contributed by atoms with van der Waals surface area (Å²) in [6.07, 6.45) is 12.3. The molecule has 0 aromatic heterocycles. The summed E-state index contributed by atoms with van der Waals surface area (Å²) < 4.78 is 0. The van der Waals surface area contributed by atoms with Crippen molar-refractivity contribution in [1.29, 1.82) is 0 Å². The predicted octanol–water partition coefficient (Wildman–Crippen LogP) is 6.40. The molecule has 0 aliphatic carbocycles. The third-order valence-electron chi connectivity index (χ3n) is 8.40. The Bertz CT molecular complexity index is 1280. The average Bonchev–Trinajstić information content (AvgIpc) is 3.05. The minimum atomic E-state index is -0.854. The number of hydrogen-bond donors (Lipinski definition) is 6. The molecule has 2 aromatic carbocycles. The number of para-hydroxylation sites is 2. The third-order valence-corrected chi connectivity index (χ3v) is 8.40. The van der Waals surface area contributed by atoms with Crippen LogP contribution in [0.1, 0.15) is 137 Å². The van der Waals surface area contributed by atoms with Gasteiger partial charge < -0.3 is 10.2 Å². The van der Waals surface area contributed by atoms with E-state index in [1.807, 2.05) is 0 Å². The second kappa shape index (κ2) is 20.9. The number of carbonyl (C=O) groups is 4. The summed E-state index contributed by atoms with van der Waals surface area (Å²) in [5.41, 5.74) is 11.0. The minimum absolute atomic E-state index is 0.0487. The molecule has 0 bridgehead atoms. The van der Waals surface area contributed by atoms with Crippen LogP contribution in [-0.4, -0.2) is 33.8 Å². The van der Waals surface area contributed by atoms with E-state index in [4.69, 9.17) is 0 Å². The molecule has 2 unspecified atom stereocenters. The van der Waals surface area contributed by atoms with Crippen LogP contribution >= 0.6 is 0 Å². The first-order valence-corrected chi connectivity index (χ1v) is 17.0. The van der Waals surface area contributed by atoms with Crippen molar-refractivity contribution in [3.05, 3.63) is 58.7 Å². The zero-order valence-corrected chi connectivity index (χ0v) is 28.0. The molecule has 10 nitrogen and oxygen atoms in total. The highest BCUT2D eigenvalue weighted by molar-refractivity contribution is 5.99. The molecule has 4 amide bonds. The zero-order valence-electron chi connectivity index (χ0n) is 28.0. The Hall–Kier alpha value is -4.08. The highest BCUT2D eigenvalue weighted by atomic mass is 16.3. The second-order valence-corrected chi connectivity index (χ2v) is 12.0. The summed E-state index contributed by atoms with van der Waals surface area (Å²) in [6.45, 7) is 7.88. The second-order valence-electron chi connectivity index (χ2n) is 12.0. The van der Waals surface area contributed by atoms with Gasteiger partial charge in [-0.15, -0.1) is 0 Å². The van der Waals surface area contributed by atoms with Crippen LogP contribution in [0, 0.1) is 11.8 Å². The number of phenolic OH excluding ortho intramolecular Hbond substituents is 2. The number of hydrogen-bond acceptors (Lipinski definition) is 6. The lowest BCUT2D eigenvalue weighted by atomic mass is 9.87. The highest BCUT2D eigenvalue weighted by Crippen LogP contribution is 2.26. The van der Waals surface area contributed by atoms with Gasteiger partial charge in [0.15, 0.2) is 0 Å². The van der Waals surface area contributed by atoms with Gasteiger partial charge in [-0.25, -0.2) is 0 Å². The number of aryl methyl sites for hydroxylation is 2. The van der Waals surface area contributed by atoms with Crippen molar-refractivity contribution in [2.75, 3.05) is 0 Å². The van der Waals surface area contributed by atoms with E-state index in [0.29, 0.717) is 36.8 Å². The highest BCUT2D eigenvalue weighted by Gasteiger charge is 2.31. The number of hydrazine groups is 2. The van der Waals surface area contributed by atoms with Gasteiger partial charge in [0.2, 0.25) is 11.8 Å². The number of carbonyl (C=O) groups excluding carboxylic acids is 4. The molecule has 2 aromatic rings.